The third kappa shape index (κ3) is 5.32. The topological polar surface area (TPSA) is 100 Å². The van der Waals surface area contributed by atoms with E-state index in [4.69, 9.17) is 14.2 Å². The van der Waals surface area contributed by atoms with Crippen molar-refractivity contribution < 1.29 is 23.9 Å². The van der Waals surface area contributed by atoms with Gasteiger partial charge in [0.05, 0.1) is 23.1 Å². The van der Waals surface area contributed by atoms with E-state index in [2.05, 4.69) is 20.9 Å². The molecule has 9 heteroatoms. The van der Waals surface area contributed by atoms with Crippen molar-refractivity contribution in [3.05, 3.63) is 104 Å². The van der Waals surface area contributed by atoms with Crippen LogP contribution in [0.5, 0.6) is 11.5 Å². The molecule has 1 aliphatic rings. The molecule has 3 aromatic rings. The highest BCUT2D eigenvalue weighted by Crippen LogP contribution is 2.37. The van der Waals surface area contributed by atoms with Crippen LogP contribution in [0.2, 0.25) is 0 Å². The van der Waals surface area contributed by atoms with Gasteiger partial charge in [-0.2, -0.15) is 0 Å². The standard InChI is InChI=1S/C25H19BrN2O6/c1-32-22-15-17(13-20(26)23(22)33-12-11-16-5-3-2-4-6-16)14-21-25(29)34-24(27-21)18-7-9-19(10-8-18)28(30)31/h2-10,13-15H,11-12H2,1H3/b21-14-. The number of hydrogen-bond donors (Lipinski definition) is 0. The summed E-state index contributed by atoms with van der Waals surface area (Å²) in [4.78, 5) is 26.9. The molecule has 0 radical (unpaired) electrons. The van der Waals surface area contributed by atoms with Crippen molar-refractivity contribution >= 4 is 39.6 Å². The summed E-state index contributed by atoms with van der Waals surface area (Å²) in [6.45, 7) is 0.467. The second-order valence-electron chi connectivity index (χ2n) is 7.26. The van der Waals surface area contributed by atoms with Gasteiger partial charge in [-0.3, -0.25) is 10.1 Å². The fourth-order valence-electron chi connectivity index (χ4n) is 3.30. The smallest absolute Gasteiger partial charge is 0.363 e. The number of ether oxygens (including phenoxy) is 3. The Morgan fingerprint density at radius 2 is 1.85 bits per heavy atom. The Hall–Kier alpha value is -3.98. The molecule has 0 saturated carbocycles. The van der Waals surface area contributed by atoms with Gasteiger partial charge in [-0.25, -0.2) is 9.79 Å². The lowest BCUT2D eigenvalue weighted by Gasteiger charge is -2.13. The number of aliphatic imine (C=N–C) groups is 1. The maximum absolute atomic E-state index is 12.3. The van der Waals surface area contributed by atoms with Crippen molar-refractivity contribution in [2.45, 2.75) is 6.42 Å². The number of nitro benzene ring substituents is 1. The van der Waals surface area contributed by atoms with Gasteiger partial charge in [0.1, 0.15) is 0 Å². The number of hydrogen-bond acceptors (Lipinski definition) is 7. The molecule has 172 valence electrons. The minimum atomic E-state index is -0.619. The zero-order valence-electron chi connectivity index (χ0n) is 18.1. The van der Waals surface area contributed by atoms with E-state index < -0.39 is 10.9 Å². The molecule has 0 aliphatic carbocycles. The summed E-state index contributed by atoms with van der Waals surface area (Å²) in [6.07, 6.45) is 2.32. The second kappa shape index (κ2) is 10.3. The van der Waals surface area contributed by atoms with E-state index in [-0.39, 0.29) is 17.3 Å². The average Bonchev–Trinajstić information content (AvgIpc) is 3.20. The largest absolute Gasteiger partial charge is 0.493 e. The number of nitrogens with zero attached hydrogens (tertiary/aromatic N) is 2. The monoisotopic (exact) mass is 522 g/mol. The summed E-state index contributed by atoms with van der Waals surface area (Å²) >= 11 is 3.52. The van der Waals surface area contributed by atoms with E-state index in [0.29, 0.717) is 33.7 Å². The number of esters is 1. The summed E-state index contributed by atoms with van der Waals surface area (Å²) in [5.74, 6) is 0.523. The van der Waals surface area contributed by atoms with Gasteiger partial charge in [-0.05, 0) is 57.4 Å². The minimum Gasteiger partial charge on any atom is -0.493 e. The molecule has 8 nitrogen and oxygen atoms in total. The molecule has 0 amide bonds. The normalized spacial score (nSPS) is 14.0. The number of benzene rings is 3. The molecule has 34 heavy (non-hydrogen) atoms. The SMILES string of the molecule is COc1cc(/C=C2\N=C(c3ccc([N+](=O)[O-])cc3)OC2=O)cc(Br)c1OCCc1ccccc1. The van der Waals surface area contributed by atoms with Crippen LogP contribution in [0.25, 0.3) is 6.08 Å². The number of non-ortho nitro benzene ring substituents is 1. The molecule has 0 aromatic heterocycles. The molecule has 1 aliphatic heterocycles. The maximum atomic E-state index is 12.3. The van der Waals surface area contributed by atoms with Crippen LogP contribution in [0.15, 0.2) is 81.9 Å². The number of carbonyl (C=O) groups excluding carboxylic acids is 1. The first kappa shape index (κ1) is 23.2. The van der Waals surface area contributed by atoms with E-state index in [1.165, 1.54) is 36.9 Å². The first-order valence-corrected chi connectivity index (χ1v) is 11.1. The summed E-state index contributed by atoms with van der Waals surface area (Å²) < 4.78 is 17.3. The summed E-state index contributed by atoms with van der Waals surface area (Å²) in [5, 5.41) is 10.8. The Morgan fingerprint density at radius 1 is 1.12 bits per heavy atom. The van der Waals surface area contributed by atoms with E-state index in [9.17, 15) is 14.9 Å². The van der Waals surface area contributed by atoms with Crippen LogP contribution in [0.3, 0.4) is 0 Å². The molecule has 0 unspecified atom stereocenters. The van der Waals surface area contributed by atoms with Gasteiger partial charge >= 0.3 is 5.97 Å². The van der Waals surface area contributed by atoms with Crippen LogP contribution < -0.4 is 9.47 Å². The third-order valence-electron chi connectivity index (χ3n) is 4.98. The van der Waals surface area contributed by atoms with E-state index in [1.54, 1.807) is 18.2 Å². The van der Waals surface area contributed by atoms with Crippen molar-refractivity contribution in [3.8, 4) is 11.5 Å². The first-order chi connectivity index (χ1) is 16.4. The lowest BCUT2D eigenvalue weighted by Crippen LogP contribution is -2.05. The van der Waals surface area contributed by atoms with Crippen molar-refractivity contribution in [3.63, 3.8) is 0 Å². The molecule has 0 N–H and O–H groups in total. The molecule has 0 spiro atoms. The summed E-state index contributed by atoms with van der Waals surface area (Å²) in [6, 6.07) is 19.2. The van der Waals surface area contributed by atoms with Crippen LogP contribution >= 0.6 is 15.9 Å². The number of nitro groups is 1. The number of cyclic esters (lactones) is 1. The number of halogens is 1. The van der Waals surface area contributed by atoms with E-state index >= 15 is 0 Å². The number of rotatable bonds is 8. The highest BCUT2D eigenvalue weighted by atomic mass is 79.9. The van der Waals surface area contributed by atoms with Crippen LogP contribution in [-0.2, 0) is 16.0 Å². The Balaban J connectivity index is 1.53. The van der Waals surface area contributed by atoms with Crippen LogP contribution in [-0.4, -0.2) is 30.5 Å². The molecule has 0 saturated heterocycles. The molecule has 0 atom stereocenters. The van der Waals surface area contributed by atoms with Crippen LogP contribution in [0, 0.1) is 10.1 Å². The van der Waals surface area contributed by atoms with Gasteiger partial charge in [0.25, 0.3) is 5.69 Å². The van der Waals surface area contributed by atoms with Crippen molar-refractivity contribution in [1.82, 2.24) is 0 Å². The Kier molecular flexibility index (Phi) is 7.03. The molecular formula is C25H19BrN2O6. The van der Waals surface area contributed by atoms with Gasteiger partial charge in [-0.1, -0.05) is 30.3 Å². The minimum absolute atomic E-state index is 0.0625. The molecule has 3 aromatic carbocycles. The van der Waals surface area contributed by atoms with Gasteiger partial charge in [-0.15, -0.1) is 0 Å². The van der Waals surface area contributed by atoms with Gasteiger partial charge in [0.2, 0.25) is 5.90 Å². The molecule has 0 bridgehead atoms. The van der Waals surface area contributed by atoms with E-state index in [0.717, 1.165) is 6.42 Å². The number of methoxy groups -OCH3 is 1. The van der Waals surface area contributed by atoms with Crippen molar-refractivity contribution in [2.75, 3.05) is 13.7 Å². The van der Waals surface area contributed by atoms with E-state index in [1.807, 2.05) is 30.3 Å². The molecule has 4 rings (SSSR count). The predicted molar refractivity (Wildman–Crippen MR) is 130 cm³/mol. The molecule has 1 heterocycles. The van der Waals surface area contributed by atoms with Crippen LogP contribution in [0.1, 0.15) is 16.7 Å². The Labute approximate surface area is 203 Å². The highest BCUT2D eigenvalue weighted by Gasteiger charge is 2.25. The average molecular weight is 523 g/mol. The van der Waals surface area contributed by atoms with Crippen LogP contribution in [0.4, 0.5) is 5.69 Å². The summed E-state index contributed by atoms with van der Waals surface area (Å²) in [7, 11) is 1.54. The lowest BCUT2D eigenvalue weighted by atomic mass is 10.1. The first-order valence-electron chi connectivity index (χ1n) is 10.3. The van der Waals surface area contributed by atoms with Gasteiger partial charge < -0.3 is 14.2 Å². The quantitative estimate of drug-likeness (QED) is 0.171. The zero-order chi connectivity index (χ0) is 24.1. The molecular weight excluding hydrogens is 504 g/mol. The lowest BCUT2D eigenvalue weighted by molar-refractivity contribution is -0.384. The van der Waals surface area contributed by atoms with Crippen molar-refractivity contribution in [1.29, 1.82) is 0 Å². The fraction of sp³-hybridized carbons (Fsp3) is 0.120. The predicted octanol–water partition coefficient (Wildman–Crippen LogP) is 5.33. The van der Waals surface area contributed by atoms with Gasteiger partial charge in [0.15, 0.2) is 17.2 Å². The van der Waals surface area contributed by atoms with Crippen molar-refractivity contribution in [2.24, 2.45) is 4.99 Å². The highest BCUT2D eigenvalue weighted by molar-refractivity contribution is 9.10. The summed E-state index contributed by atoms with van der Waals surface area (Å²) in [5.41, 5.74) is 2.32. The maximum Gasteiger partial charge on any atom is 0.363 e. The number of carbonyl (C=O) groups is 1. The Bertz CT molecular complexity index is 1290. The molecule has 0 fully saturated rings. The Morgan fingerprint density at radius 3 is 2.53 bits per heavy atom. The third-order valence-corrected chi connectivity index (χ3v) is 5.57. The second-order valence-corrected chi connectivity index (χ2v) is 8.11. The zero-order valence-corrected chi connectivity index (χ0v) is 19.7. The fourth-order valence-corrected chi connectivity index (χ4v) is 3.87. The van der Waals surface area contributed by atoms with Gasteiger partial charge in [0, 0.05) is 24.1 Å².